The van der Waals surface area contributed by atoms with E-state index in [0.717, 1.165) is 12.1 Å². The molecule has 0 aliphatic carbocycles. The van der Waals surface area contributed by atoms with Crippen LogP contribution < -0.4 is 10.3 Å². The van der Waals surface area contributed by atoms with Gasteiger partial charge in [0, 0.05) is 18.1 Å². The maximum absolute atomic E-state index is 11.4. The molecule has 1 amide bonds. The lowest BCUT2D eigenvalue weighted by Crippen LogP contribution is -2.30. The summed E-state index contributed by atoms with van der Waals surface area (Å²) in [5.41, 5.74) is 1.02. The van der Waals surface area contributed by atoms with Gasteiger partial charge in [0.2, 0.25) is 5.91 Å². The highest BCUT2D eigenvalue weighted by Gasteiger charge is 2.10. The predicted molar refractivity (Wildman–Crippen MR) is 54.3 cm³/mol. The molecule has 1 unspecified atom stereocenters. The number of pyridine rings is 1. The molecule has 76 valence electrons. The van der Waals surface area contributed by atoms with Gasteiger partial charge >= 0.3 is 0 Å². The third-order valence-corrected chi connectivity index (χ3v) is 2.29. The number of rotatable bonds is 4. The lowest BCUT2D eigenvalue weighted by molar-refractivity contribution is -0.390. The van der Waals surface area contributed by atoms with Crippen molar-refractivity contribution in [1.29, 1.82) is 0 Å². The number of amides is 1. The van der Waals surface area contributed by atoms with E-state index in [1.54, 1.807) is 0 Å². The van der Waals surface area contributed by atoms with Crippen molar-refractivity contribution >= 4 is 5.91 Å². The lowest BCUT2D eigenvalue weighted by atomic mass is 10.1. The van der Waals surface area contributed by atoms with Gasteiger partial charge in [0.1, 0.15) is 6.54 Å². The molecule has 0 aromatic carbocycles. The highest BCUT2D eigenvalue weighted by Crippen LogP contribution is 2.00. The summed E-state index contributed by atoms with van der Waals surface area (Å²) in [6.07, 6.45) is 2.73. The molecule has 0 saturated carbocycles. The molecule has 14 heavy (non-hydrogen) atoms. The number of hydrogen-bond acceptors (Lipinski definition) is 1. The fourth-order valence-electron chi connectivity index (χ4n) is 1.08. The van der Waals surface area contributed by atoms with Crippen LogP contribution in [0.15, 0.2) is 24.4 Å². The normalized spacial score (nSPS) is 12.1. The fourth-order valence-corrected chi connectivity index (χ4v) is 1.08. The van der Waals surface area contributed by atoms with E-state index in [9.17, 15) is 4.79 Å². The SMILES string of the molecule is CCC(C)C(=O)NCc1cccc[nH+]1. The molecule has 3 nitrogen and oxygen atoms in total. The average molecular weight is 193 g/mol. The number of nitrogens with one attached hydrogen (secondary N) is 2. The van der Waals surface area contributed by atoms with Crippen LogP contribution in [0.2, 0.25) is 0 Å². The minimum Gasteiger partial charge on any atom is -0.346 e. The zero-order valence-electron chi connectivity index (χ0n) is 8.71. The Morgan fingerprint density at radius 1 is 1.57 bits per heavy atom. The first-order chi connectivity index (χ1) is 6.74. The second-order valence-corrected chi connectivity index (χ2v) is 3.41. The summed E-state index contributed by atoms with van der Waals surface area (Å²) in [6, 6.07) is 5.82. The Labute approximate surface area is 84.6 Å². The number of carbonyl (C=O) groups is 1. The summed E-state index contributed by atoms with van der Waals surface area (Å²) in [5.74, 6) is 0.212. The van der Waals surface area contributed by atoms with Gasteiger partial charge in [-0.3, -0.25) is 4.79 Å². The molecule has 0 aliphatic heterocycles. The van der Waals surface area contributed by atoms with E-state index in [4.69, 9.17) is 0 Å². The van der Waals surface area contributed by atoms with Gasteiger partial charge in [0.25, 0.3) is 0 Å². The number of hydrogen-bond donors (Lipinski definition) is 1. The Bertz CT molecular complexity index is 285. The Morgan fingerprint density at radius 3 is 2.93 bits per heavy atom. The van der Waals surface area contributed by atoms with Gasteiger partial charge in [-0.05, 0) is 6.42 Å². The van der Waals surface area contributed by atoms with Gasteiger partial charge in [-0.15, -0.1) is 0 Å². The highest BCUT2D eigenvalue weighted by molar-refractivity contribution is 5.78. The van der Waals surface area contributed by atoms with Crippen LogP contribution in [-0.2, 0) is 11.3 Å². The zero-order valence-corrected chi connectivity index (χ0v) is 8.71. The smallest absolute Gasteiger partial charge is 0.223 e. The van der Waals surface area contributed by atoms with E-state index in [1.807, 2.05) is 38.2 Å². The Kier molecular flexibility index (Phi) is 4.11. The number of aromatic amines is 1. The second kappa shape index (κ2) is 5.37. The summed E-state index contributed by atoms with van der Waals surface area (Å²) in [6.45, 7) is 4.52. The summed E-state index contributed by atoms with van der Waals surface area (Å²) < 4.78 is 0. The summed E-state index contributed by atoms with van der Waals surface area (Å²) >= 11 is 0. The monoisotopic (exact) mass is 193 g/mol. The fraction of sp³-hybridized carbons (Fsp3) is 0.455. The summed E-state index contributed by atoms with van der Waals surface area (Å²) in [4.78, 5) is 14.5. The van der Waals surface area contributed by atoms with E-state index < -0.39 is 0 Å². The predicted octanol–water partition coefficient (Wildman–Crippen LogP) is 1.16. The van der Waals surface area contributed by atoms with Crippen molar-refractivity contribution in [2.24, 2.45) is 5.92 Å². The van der Waals surface area contributed by atoms with Crippen LogP contribution in [0.4, 0.5) is 0 Å². The van der Waals surface area contributed by atoms with Crippen LogP contribution in [-0.4, -0.2) is 5.91 Å². The van der Waals surface area contributed by atoms with E-state index in [-0.39, 0.29) is 11.8 Å². The van der Waals surface area contributed by atoms with Gasteiger partial charge in [-0.1, -0.05) is 19.9 Å². The maximum Gasteiger partial charge on any atom is 0.223 e. The van der Waals surface area contributed by atoms with Crippen molar-refractivity contribution in [1.82, 2.24) is 5.32 Å². The first-order valence-electron chi connectivity index (χ1n) is 4.97. The zero-order chi connectivity index (χ0) is 10.4. The van der Waals surface area contributed by atoms with Gasteiger partial charge < -0.3 is 5.32 Å². The number of carbonyl (C=O) groups excluding carboxylic acids is 1. The van der Waals surface area contributed by atoms with Gasteiger partial charge in [-0.25, -0.2) is 4.98 Å². The Hall–Kier alpha value is -1.38. The van der Waals surface area contributed by atoms with E-state index in [2.05, 4.69) is 10.3 Å². The van der Waals surface area contributed by atoms with Crippen molar-refractivity contribution in [2.45, 2.75) is 26.8 Å². The van der Waals surface area contributed by atoms with E-state index >= 15 is 0 Å². The number of H-pyrrole nitrogens is 1. The van der Waals surface area contributed by atoms with Crippen LogP contribution in [0, 0.1) is 5.92 Å². The molecule has 1 aromatic rings. The van der Waals surface area contributed by atoms with Crippen molar-refractivity contribution in [3.05, 3.63) is 30.1 Å². The molecule has 0 aliphatic rings. The van der Waals surface area contributed by atoms with Crippen molar-refractivity contribution in [2.75, 3.05) is 0 Å². The third kappa shape index (κ3) is 3.17. The third-order valence-electron chi connectivity index (χ3n) is 2.29. The minimum atomic E-state index is 0.0960. The van der Waals surface area contributed by atoms with Crippen LogP contribution in [0.3, 0.4) is 0 Å². The van der Waals surface area contributed by atoms with Crippen LogP contribution in [0.25, 0.3) is 0 Å². The van der Waals surface area contributed by atoms with Crippen LogP contribution in [0.5, 0.6) is 0 Å². The van der Waals surface area contributed by atoms with Gasteiger partial charge in [0.15, 0.2) is 11.9 Å². The van der Waals surface area contributed by atoms with E-state index in [1.165, 1.54) is 0 Å². The second-order valence-electron chi connectivity index (χ2n) is 3.41. The van der Waals surface area contributed by atoms with Gasteiger partial charge in [0.05, 0.1) is 0 Å². The van der Waals surface area contributed by atoms with Gasteiger partial charge in [-0.2, -0.15) is 0 Å². The molecule has 0 radical (unpaired) electrons. The van der Waals surface area contributed by atoms with Crippen molar-refractivity contribution < 1.29 is 9.78 Å². The quantitative estimate of drug-likeness (QED) is 0.766. The topological polar surface area (TPSA) is 43.2 Å². The molecule has 3 heteroatoms. The van der Waals surface area contributed by atoms with Crippen LogP contribution in [0.1, 0.15) is 26.0 Å². The molecule has 2 N–H and O–H groups in total. The Morgan fingerprint density at radius 2 is 2.36 bits per heavy atom. The summed E-state index contributed by atoms with van der Waals surface area (Å²) in [7, 11) is 0. The highest BCUT2D eigenvalue weighted by atomic mass is 16.1. The molecule has 0 spiro atoms. The first kappa shape index (κ1) is 10.7. The molecular formula is C11H17N2O+. The molecule has 1 atom stereocenters. The molecule has 1 aromatic heterocycles. The minimum absolute atomic E-state index is 0.0960. The first-order valence-corrected chi connectivity index (χ1v) is 4.97. The lowest BCUT2D eigenvalue weighted by Gasteiger charge is -2.07. The van der Waals surface area contributed by atoms with Crippen molar-refractivity contribution in [3.8, 4) is 0 Å². The Balaban J connectivity index is 2.38. The standard InChI is InChI=1S/C11H16N2O/c1-3-9(2)11(14)13-8-10-6-4-5-7-12-10/h4-7,9H,3,8H2,1-2H3,(H,13,14)/p+1. The van der Waals surface area contributed by atoms with Crippen molar-refractivity contribution in [3.63, 3.8) is 0 Å². The number of aromatic nitrogens is 1. The summed E-state index contributed by atoms with van der Waals surface area (Å²) in [5, 5.41) is 2.88. The molecule has 0 fully saturated rings. The molecule has 0 saturated heterocycles. The molecule has 1 rings (SSSR count). The average Bonchev–Trinajstić information content (AvgIpc) is 2.26. The molecule has 1 heterocycles. The van der Waals surface area contributed by atoms with E-state index in [0.29, 0.717) is 6.54 Å². The molecular weight excluding hydrogens is 176 g/mol. The van der Waals surface area contributed by atoms with Crippen LogP contribution >= 0.6 is 0 Å². The molecule has 0 bridgehead atoms. The largest absolute Gasteiger partial charge is 0.346 e. The maximum atomic E-state index is 11.4.